The first-order chi connectivity index (χ1) is 9.21. The third-order valence-electron chi connectivity index (χ3n) is 4.17. The maximum Gasteiger partial charge on any atom is 0.101 e. The van der Waals surface area contributed by atoms with E-state index >= 15 is 0 Å². The van der Waals surface area contributed by atoms with E-state index < -0.39 is 0 Å². The third-order valence-corrected chi connectivity index (χ3v) is 4.17. The Morgan fingerprint density at radius 2 is 2.11 bits per heavy atom. The number of nitriles is 1. The van der Waals surface area contributed by atoms with Gasteiger partial charge in [0.05, 0.1) is 11.3 Å². The van der Waals surface area contributed by atoms with Gasteiger partial charge in [0.25, 0.3) is 0 Å². The lowest BCUT2D eigenvalue weighted by atomic mass is 10.1. The summed E-state index contributed by atoms with van der Waals surface area (Å²) in [4.78, 5) is 4.90. The molecule has 1 aliphatic heterocycles. The summed E-state index contributed by atoms with van der Waals surface area (Å²) in [5.41, 5.74) is 3.15. The average Bonchev–Trinajstić information content (AvgIpc) is 2.89. The van der Waals surface area contributed by atoms with Crippen molar-refractivity contribution in [1.29, 1.82) is 5.26 Å². The van der Waals surface area contributed by atoms with Crippen molar-refractivity contribution in [3.05, 3.63) is 29.3 Å². The Bertz CT molecular complexity index is 471. The molecule has 0 bridgehead atoms. The highest BCUT2D eigenvalue weighted by molar-refractivity contribution is 5.64. The second kappa shape index (κ2) is 6.08. The zero-order chi connectivity index (χ0) is 13.8. The number of likely N-dealkylation sites (N-methyl/N-ethyl adjacent to an activating group) is 1. The molecule has 1 saturated heterocycles. The lowest BCUT2D eigenvalue weighted by molar-refractivity contribution is 0.232. The summed E-state index contributed by atoms with van der Waals surface area (Å²) in [6.45, 7) is 10.9. The predicted molar refractivity (Wildman–Crippen MR) is 79.4 cm³/mol. The van der Waals surface area contributed by atoms with Crippen molar-refractivity contribution in [3.63, 3.8) is 0 Å². The van der Waals surface area contributed by atoms with Gasteiger partial charge in [0.2, 0.25) is 0 Å². The molecule has 19 heavy (non-hydrogen) atoms. The molecule has 1 aliphatic rings. The van der Waals surface area contributed by atoms with Crippen LogP contribution in [0.5, 0.6) is 0 Å². The molecule has 3 nitrogen and oxygen atoms in total. The molecule has 0 aromatic heterocycles. The van der Waals surface area contributed by atoms with Crippen LogP contribution in [0, 0.1) is 18.3 Å². The van der Waals surface area contributed by atoms with Crippen molar-refractivity contribution in [3.8, 4) is 6.07 Å². The van der Waals surface area contributed by atoms with Crippen molar-refractivity contribution in [2.24, 2.45) is 0 Å². The summed E-state index contributed by atoms with van der Waals surface area (Å²) in [6.07, 6.45) is 1.20. The first kappa shape index (κ1) is 13.9. The lowest BCUT2D eigenvalue weighted by Crippen LogP contribution is -2.37. The van der Waals surface area contributed by atoms with Gasteiger partial charge in [0.1, 0.15) is 6.07 Å². The van der Waals surface area contributed by atoms with Crippen molar-refractivity contribution in [2.75, 3.05) is 31.1 Å². The molecule has 1 aromatic carbocycles. The fraction of sp³-hybridized carbons (Fsp3) is 0.562. The third kappa shape index (κ3) is 2.74. The Kier molecular flexibility index (Phi) is 4.44. The molecule has 0 amide bonds. The Labute approximate surface area is 116 Å². The van der Waals surface area contributed by atoms with Gasteiger partial charge in [-0.1, -0.05) is 26.0 Å². The number of anilines is 1. The maximum atomic E-state index is 9.28. The van der Waals surface area contributed by atoms with Crippen LogP contribution in [0.4, 0.5) is 5.69 Å². The van der Waals surface area contributed by atoms with E-state index in [2.05, 4.69) is 42.7 Å². The molecule has 0 saturated carbocycles. The summed E-state index contributed by atoms with van der Waals surface area (Å²) < 4.78 is 0. The van der Waals surface area contributed by atoms with Gasteiger partial charge >= 0.3 is 0 Å². The van der Waals surface area contributed by atoms with Gasteiger partial charge in [-0.3, -0.25) is 4.90 Å². The molecule has 3 heteroatoms. The Morgan fingerprint density at radius 3 is 2.74 bits per heavy atom. The molecular weight excluding hydrogens is 234 g/mol. The summed E-state index contributed by atoms with van der Waals surface area (Å²) >= 11 is 0. The fourth-order valence-electron chi connectivity index (χ4n) is 3.15. The summed E-state index contributed by atoms with van der Waals surface area (Å²) in [6, 6.07) is 8.95. The summed E-state index contributed by atoms with van der Waals surface area (Å²) in [5, 5.41) is 9.28. The quantitative estimate of drug-likeness (QED) is 0.831. The molecule has 0 N–H and O–H groups in total. The van der Waals surface area contributed by atoms with Gasteiger partial charge in [-0.15, -0.1) is 0 Å². The van der Waals surface area contributed by atoms with Crippen LogP contribution in [-0.4, -0.2) is 37.1 Å². The van der Waals surface area contributed by atoms with E-state index in [0.717, 1.165) is 37.4 Å². The van der Waals surface area contributed by atoms with E-state index in [9.17, 15) is 5.26 Å². The molecule has 1 aromatic rings. The van der Waals surface area contributed by atoms with E-state index in [1.54, 1.807) is 0 Å². The van der Waals surface area contributed by atoms with Crippen molar-refractivity contribution in [1.82, 2.24) is 4.90 Å². The van der Waals surface area contributed by atoms with Crippen LogP contribution in [0.25, 0.3) is 0 Å². The minimum Gasteiger partial charge on any atom is -0.369 e. The lowest BCUT2D eigenvalue weighted by Gasteiger charge is -2.27. The van der Waals surface area contributed by atoms with Crippen LogP contribution in [0.3, 0.4) is 0 Å². The fourth-order valence-corrected chi connectivity index (χ4v) is 3.15. The Morgan fingerprint density at radius 1 is 1.37 bits per heavy atom. The number of hydrogen-bond donors (Lipinski definition) is 0. The number of rotatable bonds is 4. The molecule has 1 heterocycles. The maximum absolute atomic E-state index is 9.28. The molecule has 1 fully saturated rings. The van der Waals surface area contributed by atoms with E-state index in [1.807, 2.05) is 12.1 Å². The van der Waals surface area contributed by atoms with Crippen molar-refractivity contribution < 1.29 is 0 Å². The molecule has 0 radical (unpaired) electrons. The smallest absolute Gasteiger partial charge is 0.101 e. The first-order valence-corrected chi connectivity index (χ1v) is 7.20. The van der Waals surface area contributed by atoms with Crippen LogP contribution < -0.4 is 4.90 Å². The number of aryl methyl sites for hydroxylation is 1. The number of hydrogen-bond acceptors (Lipinski definition) is 3. The largest absolute Gasteiger partial charge is 0.369 e. The molecule has 0 spiro atoms. The van der Waals surface area contributed by atoms with Gasteiger partial charge < -0.3 is 4.90 Å². The van der Waals surface area contributed by atoms with E-state index in [4.69, 9.17) is 0 Å². The van der Waals surface area contributed by atoms with Crippen LogP contribution in [0.1, 0.15) is 31.4 Å². The average molecular weight is 257 g/mol. The number of para-hydroxylation sites is 1. The van der Waals surface area contributed by atoms with Crippen LogP contribution in [-0.2, 0) is 0 Å². The zero-order valence-corrected chi connectivity index (χ0v) is 12.2. The first-order valence-electron chi connectivity index (χ1n) is 7.20. The van der Waals surface area contributed by atoms with Crippen molar-refractivity contribution >= 4 is 5.69 Å². The molecule has 102 valence electrons. The molecule has 0 aliphatic carbocycles. The highest BCUT2D eigenvalue weighted by Gasteiger charge is 2.28. The Balaban J connectivity index is 2.20. The van der Waals surface area contributed by atoms with Gasteiger partial charge in [-0.05, 0) is 38.1 Å². The topological polar surface area (TPSA) is 30.3 Å². The minimum atomic E-state index is 0.626. The standard InChI is InChI=1S/C16H23N3/c1-4-18(5-2)15-9-10-19(12-15)16-13(3)7-6-8-14(16)11-17/h6-8,15H,4-5,9-10,12H2,1-3H3. The van der Waals surface area contributed by atoms with E-state index in [0.29, 0.717) is 6.04 Å². The molecule has 2 rings (SSSR count). The van der Waals surface area contributed by atoms with Crippen molar-refractivity contribution in [2.45, 2.75) is 33.2 Å². The predicted octanol–water partition coefficient (Wildman–Crippen LogP) is 2.79. The highest BCUT2D eigenvalue weighted by atomic mass is 15.3. The zero-order valence-electron chi connectivity index (χ0n) is 12.2. The molecule has 1 atom stereocenters. The monoisotopic (exact) mass is 257 g/mol. The normalized spacial score (nSPS) is 18.9. The molecule has 1 unspecified atom stereocenters. The van der Waals surface area contributed by atoms with E-state index in [1.165, 1.54) is 12.0 Å². The summed E-state index contributed by atoms with van der Waals surface area (Å²) in [7, 11) is 0. The minimum absolute atomic E-state index is 0.626. The van der Waals surface area contributed by atoms with Crippen LogP contribution in [0.2, 0.25) is 0 Å². The number of nitrogens with zero attached hydrogens (tertiary/aromatic N) is 3. The van der Waals surface area contributed by atoms with Gasteiger partial charge in [0.15, 0.2) is 0 Å². The second-order valence-corrected chi connectivity index (χ2v) is 5.19. The number of benzene rings is 1. The van der Waals surface area contributed by atoms with Crippen LogP contribution >= 0.6 is 0 Å². The highest BCUT2D eigenvalue weighted by Crippen LogP contribution is 2.29. The van der Waals surface area contributed by atoms with Gasteiger partial charge in [-0.2, -0.15) is 5.26 Å². The summed E-state index contributed by atoms with van der Waals surface area (Å²) in [5.74, 6) is 0. The van der Waals surface area contributed by atoms with Gasteiger partial charge in [0, 0.05) is 19.1 Å². The van der Waals surface area contributed by atoms with Crippen LogP contribution in [0.15, 0.2) is 18.2 Å². The van der Waals surface area contributed by atoms with E-state index in [-0.39, 0.29) is 0 Å². The SMILES string of the molecule is CCN(CC)C1CCN(c2c(C)cccc2C#N)C1. The molecular formula is C16H23N3. The Hall–Kier alpha value is -1.53. The van der Waals surface area contributed by atoms with Gasteiger partial charge in [-0.25, -0.2) is 0 Å². The second-order valence-electron chi connectivity index (χ2n) is 5.19.